The van der Waals surface area contributed by atoms with Gasteiger partial charge in [-0.05, 0) is 65.4 Å². The molecule has 1 aliphatic heterocycles. The van der Waals surface area contributed by atoms with Crippen LogP contribution in [0.3, 0.4) is 0 Å². The van der Waals surface area contributed by atoms with Gasteiger partial charge in [0.05, 0.1) is 25.3 Å². The predicted octanol–water partition coefficient (Wildman–Crippen LogP) is 5.19. The second-order valence-electron chi connectivity index (χ2n) is 8.18. The smallest absolute Gasteiger partial charge is 0.305 e. The Bertz CT molecular complexity index is 1240. The highest BCUT2D eigenvalue weighted by Gasteiger charge is 2.29. The third-order valence-electron chi connectivity index (χ3n) is 5.88. The summed E-state index contributed by atoms with van der Waals surface area (Å²) in [6.45, 7) is 2.12. The van der Waals surface area contributed by atoms with Gasteiger partial charge in [-0.1, -0.05) is 42.5 Å². The molecule has 33 heavy (non-hydrogen) atoms. The molecule has 0 aliphatic carbocycles. The maximum atomic E-state index is 11.2. The van der Waals surface area contributed by atoms with Crippen LogP contribution in [0.1, 0.15) is 29.5 Å². The normalized spacial score (nSPS) is 15.1. The van der Waals surface area contributed by atoms with Crippen molar-refractivity contribution < 1.29 is 14.6 Å². The molecule has 0 fully saturated rings. The van der Waals surface area contributed by atoms with E-state index in [9.17, 15) is 15.2 Å². The molecule has 3 aromatic rings. The molecule has 1 aliphatic rings. The molecule has 0 amide bonds. The first-order valence-electron chi connectivity index (χ1n) is 10.8. The standard InChI is InChI=1S/C27H25N3O3/c1-18-12-22(21-4-3-5-26(14-21)33-2)9-8-20(18)13-19-6-10-24(11-7-19)30-25(16-27(31)32)15-23(17-28)29-30/h3-12,14,25H,13,15-16H2,1-2H3,(H,31,32). The minimum absolute atomic E-state index is 0.0603. The number of carbonyl (C=O) groups is 1. The van der Waals surface area contributed by atoms with Crippen molar-refractivity contribution in [2.45, 2.75) is 32.2 Å². The van der Waals surface area contributed by atoms with Gasteiger partial charge in [0.15, 0.2) is 0 Å². The molecule has 6 nitrogen and oxygen atoms in total. The second kappa shape index (κ2) is 9.58. The van der Waals surface area contributed by atoms with Crippen LogP contribution >= 0.6 is 0 Å². The first-order chi connectivity index (χ1) is 16.0. The van der Waals surface area contributed by atoms with Gasteiger partial charge in [0, 0.05) is 6.42 Å². The fourth-order valence-corrected chi connectivity index (χ4v) is 4.12. The van der Waals surface area contributed by atoms with Crippen molar-refractivity contribution in [1.29, 1.82) is 5.26 Å². The number of carboxylic acid groups (broad SMARTS) is 1. The number of benzene rings is 3. The average Bonchev–Trinajstić information content (AvgIpc) is 3.23. The van der Waals surface area contributed by atoms with Crippen LogP contribution in [0.5, 0.6) is 5.75 Å². The van der Waals surface area contributed by atoms with Gasteiger partial charge in [-0.15, -0.1) is 0 Å². The first kappa shape index (κ1) is 22.1. The Balaban J connectivity index is 1.50. The second-order valence-corrected chi connectivity index (χ2v) is 8.18. The lowest BCUT2D eigenvalue weighted by Gasteiger charge is -2.22. The molecule has 0 spiro atoms. The van der Waals surface area contributed by atoms with E-state index < -0.39 is 5.97 Å². The lowest BCUT2D eigenvalue weighted by Crippen LogP contribution is -2.28. The number of aryl methyl sites for hydroxylation is 1. The fraction of sp³-hybridized carbons (Fsp3) is 0.222. The molecule has 0 aromatic heterocycles. The third kappa shape index (κ3) is 5.04. The van der Waals surface area contributed by atoms with E-state index in [2.05, 4.69) is 36.3 Å². The summed E-state index contributed by atoms with van der Waals surface area (Å²) in [7, 11) is 1.67. The monoisotopic (exact) mass is 439 g/mol. The molecular weight excluding hydrogens is 414 g/mol. The van der Waals surface area contributed by atoms with E-state index in [1.807, 2.05) is 48.5 Å². The third-order valence-corrected chi connectivity index (χ3v) is 5.88. The summed E-state index contributed by atoms with van der Waals surface area (Å²) < 4.78 is 5.34. The van der Waals surface area contributed by atoms with Crippen molar-refractivity contribution in [2.24, 2.45) is 5.10 Å². The van der Waals surface area contributed by atoms with Crippen LogP contribution in [-0.2, 0) is 11.2 Å². The first-order valence-corrected chi connectivity index (χ1v) is 10.8. The van der Waals surface area contributed by atoms with Gasteiger partial charge in [0.2, 0.25) is 0 Å². The molecule has 166 valence electrons. The van der Waals surface area contributed by atoms with Gasteiger partial charge >= 0.3 is 5.97 Å². The molecule has 4 rings (SSSR count). The predicted molar refractivity (Wildman–Crippen MR) is 129 cm³/mol. The van der Waals surface area contributed by atoms with Gasteiger partial charge in [-0.25, -0.2) is 0 Å². The minimum Gasteiger partial charge on any atom is -0.497 e. The van der Waals surface area contributed by atoms with E-state index in [-0.39, 0.29) is 12.5 Å². The highest BCUT2D eigenvalue weighted by atomic mass is 16.5. The molecule has 1 N–H and O–H groups in total. The zero-order valence-corrected chi connectivity index (χ0v) is 18.7. The molecule has 6 heteroatoms. The van der Waals surface area contributed by atoms with E-state index in [1.54, 1.807) is 12.1 Å². The summed E-state index contributed by atoms with van der Waals surface area (Å²) >= 11 is 0. The molecule has 1 unspecified atom stereocenters. The van der Waals surface area contributed by atoms with Gasteiger partial charge in [-0.3, -0.25) is 9.80 Å². The van der Waals surface area contributed by atoms with Crippen molar-refractivity contribution >= 4 is 17.4 Å². The summed E-state index contributed by atoms with van der Waals surface area (Å²) in [6.07, 6.45) is 1.08. The number of hydrogen-bond acceptors (Lipinski definition) is 5. The SMILES string of the molecule is COc1cccc(-c2ccc(Cc3ccc(N4N=C(C#N)CC4CC(=O)O)cc3)c(C)c2)c1. The topological polar surface area (TPSA) is 85.9 Å². The Labute approximate surface area is 193 Å². The Morgan fingerprint density at radius 2 is 1.91 bits per heavy atom. The molecular formula is C27H25N3O3. The van der Waals surface area contributed by atoms with Gasteiger partial charge < -0.3 is 9.84 Å². The van der Waals surface area contributed by atoms with Crippen LogP contribution in [-0.4, -0.2) is 29.9 Å². The molecule has 0 radical (unpaired) electrons. The summed E-state index contributed by atoms with van der Waals surface area (Å²) in [5.74, 6) is -0.0620. The van der Waals surface area contributed by atoms with Crippen LogP contribution in [0, 0.1) is 18.3 Å². The zero-order valence-electron chi connectivity index (χ0n) is 18.7. The van der Waals surface area contributed by atoms with E-state index in [0.717, 1.165) is 34.5 Å². The number of hydrazone groups is 1. The average molecular weight is 440 g/mol. The Hall–Kier alpha value is -4.11. The van der Waals surface area contributed by atoms with Crippen LogP contribution in [0.2, 0.25) is 0 Å². The largest absolute Gasteiger partial charge is 0.497 e. The summed E-state index contributed by atoms with van der Waals surface area (Å²) in [6, 6.07) is 24.2. The molecule has 0 saturated carbocycles. The van der Waals surface area contributed by atoms with E-state index in [4.69, 9.17) is 4.74 Å². The maximum Gasteiger partial charge on any atom is 0.305 e. The zero-order chi connectivity index (χ0) is 23.4. The Morgan fingerprint density at radius 1 is 1.15 bits per heavy atom. The molecule has 0 bridgehead atoms. The molecule has 1 atom stereocenters. The number of rotatable bonds is 7. The number of anilines is 1. The van der Waals surface area contributed by atoms with Crippen LogP contribution < -0.4 is 9.75 Å². The van der Waals surface area contributed by atoms with Crippen molar-refractivity contribution in [3.8, 4) is 22.9 Å². The summed E-state index contributed by atoms with van der Waals surface area (Å²) in [5, 5.41) is 24.3. The quantitative estimate of drug-likeness (QED) is 0.547. The number of methoxy groups -OCH3 is 1. The number of carboxylic acids is 1. The lowest BCUT2D eigenvalue weighted by molar-refractivity contribution is -0.137. The summed E-state index contributed by atoms with van der Waals surface area (Å²) in [4.78, 5) is 11.2. The molecule has 0 saturated heterocycles. The van der Waals surface area contributed by atoms with Crippen molar-refractivity contribution in [3.63, 3.8) is 0 Å². The van der Waals surface area contributed by atoms with Gasteiger partial charge in [-0.2, -0.15) is 10.4 Å². The highest BCUT2D eigenvalue weighted by molar-refractivity contribution is 6.01. The van der Waals surface area contributed by atoms with Crippen LogP contribution in [0.4, 0.5) is 5.69 Å². The van der Waals surface area contributed by atoms with Crippen LogP contribution in [0.25, 0.3) is 11.1 Å². The maximum absolute atomic E-state index is 11.2. The van der Waals surface area contributed by atoms with Crippen molar-refractivity contribution in [3.05, 3.63) is 83.4 Å². The van der Waals surface area contributed by atoms with Crippen molar-refractivity contribution in [1.82, 2.24) is 0 Å². The van der Waals surface area contributed by atoms with E-state index in [0.29, 0.717) is 12.1 Å². The number of aliphatic carboxylic acids is 1. The highest BCUT2D eigenvalue weighted by Crippen LogP contribution is 2.29. The lowest BCUT2D eigenvalue weighted by atomic mass is 9.96. The number of nitrogens with zero attached hydrogens (tertiary/aromatic N) is 3. The molecule has 1 heterocycles. The van der Waals surface area contributed by atoms with Gasteiger partial charge in [0.25, 0.3) is 0 Å². The molecule has 3 aromatic carbocycles. The van der Waals surface area contributed by atoms with Crippen molar-refractivity contribution in [2.75, 3.05) is 12.1 Å². The number of ether oxygens (including phenoxy) is 1. The van der Waals surface area contributed by atoms with Crippen LogP contribution in [0.15, 0.2) is 71.8 Å². The number of hydrogen-bond donors (Lipinski definition) is 1. The Morgan fingerprint density at radius 3 is 2.58 bits per heavy atom. The fourth-order valence-electron chi connectivity index (χ4n) is 4.12. The minimum atomic E-state index is -0.899. The van der Waals surface area contributed by atoms with Gasteiger partial charge in [0.1, 0.15) is 17.5 Å². The van der Waals surface area contributed by atoms with E-state index in [1.165, 1.54) is 11.1 Å². The number of nitriles is 1. The van der Waals surface area contributed by atoms with E-state index >= 15 is 0 Å². The Kier molecular flexibility index (Phi) is 6.41. The summed E-state index contributed by atoms with van der Waals surface area (Å²) in [5.41, 5.74) is 7.02.